The third kappa shape index (κ3) is 18.3. The summed E-state index contributed by atoms with van der Waals surface area (Å²) in [6.45, 7) is 2.42. The summed E-state index contributed by atoms with van der Waals surface area (Å²) < 4.78 is 18.0. The smallest absolute Gasteiger partial charge is 0.308 e. The number of methoxy groups -OCH3 is 1. The normalized spacial score (nSPS) is 11.1. The summed E-state index contributed by atoms with van der Waals surface area (Å²) in [4.78, 5) is 24.0. The molecule has 2 unspecified atom stereocenters. The van der Waals surface area contributed by atoms with E-state index in [0.29, 0.717) is 19.6 Å². The summed E-state index contributed by atoms with van der Waals surface area (Å²) in [5, 5.41) is 2.05. The first-order valence-corrected chi connectivity index (χ1v) is 11.9. The molecule has 1 heterocycles. The van der Waals surface area contributed by atoms with Crippen molar-refractivity contribution in [3.63, 3.8) is 0 Å². The topological polar surface area (TPSA) is 61.8 Å². The van der Waals surface area contributed by atoms with Crippen molar-refractivity contribution in [3.05, 3.63) is 53.4 Å². The average Bonchev–Trinajstić information content (AvgIpc) is 3.24. The van der Waals surface area contributed by atoms with Crippen LogP contribution in [0.3, 0.4) is 0 Å². The van der Waals surface area contributed by atoms with E-state index >= 15 is 0 Å². The number of hydrogen-bond donors (Lipinski definition) is 0. The molecule has 0 aliphatic heterocycles. The van der Waals surface area contributed by atoms with Crippen LogP contribution in [-0.4, -0.2) is 51.8 Å². The number of esters is 1. The lowest BCUT2D eigenvalue weighted by molar-refractivity contribution is -0.153. The summed E-state index contributed by atoms with van der Waals surface area (Å²) >= 11 is 3.46. The molecule has 2 atom stereocenters. The van der Waals surface area contributed by atoms with Crippen molar-refractivity contribution >= 4 is 43.3 Å². The molecule has 2 aromatic rings. The number of Topliss-reactive ketones (excluding diaryl/α,β-unsaturated/α-hetero) is 1. The zero-order valence-electron chi connectivity index (χ0n) is 18.2. The first-order valence-electron chi connectivity index (χ1n) is 10.1. The van der Waals surface area contributed by atoms with E-state index in [1.807, 2.05) is 41.8 Å². The molecule has 0 saturated carbocycles. The Morgan fingerprint density at radius 1 is 0.943 bits per heavy atom. The van der Waals surface area contributed by atoms with Gasteiger partial charge < -0.3 is 14.2 Å². The number of hydrogen-bond acceptors (Lipinski definition) is 7. The van der Waals surface area contributed by atoms with Crippen LogP contribution < -0.4 is 0 Å². The van der Waals surface area contributed by atoms with Gasteiger partial charge in [-0.2, -0.15) is 0 Å². The van der Waals surface area contributed by atoms with Crippen molar-refractivity contribution in [1.29, 1.82) is 0 Å². The van der Waals surface area contributed by atoms with Crippen LogP contribution in [-0.2, 0) is 30.4 Å². The highest BCUT2D eigenvalue weighted by Gasteiger charge is 2.20. The van der Waals surface area contributed by atoms with Gasteiger partial charge in [0.15, 0.2) is 0 Å². The monoisotopic (exact) mass is 525 g/mol. The highest BCUT2D eigenvalue weighted by atomic mass is 32.2. The molecule has 0 N–H and O–H groups in total. The van der Waals surface area contributed by atoms with E-state index in [1.54, 1.807) is 30.2 Å². The number of thioether (sulfide) groups is 1. The fourth-order valence-electron chi connectivity index (χ4n) is 2.86. The van der Waals surface area contributed by atoms with Crippen LogP contribution in [0.2, 0.25) is 0 Å². The molecule has 2 rings (SSSR count). The van der Waals surface area contributed by atoms with E-state index in [-0.39, 0.29) is 68.8 Å². The molecule has 8 heteroatoms. The predicted molar refractivity (Wildman–Crippen MR) is 154 cm³/mol. The highest BCUT2D eigenvalue weighted by Crippen LogP contribution is 2.25. The Kier molecular flexibility index (Phi) is 27.9. The number of benzene rings is 1. The fraction of sp³-hybridized carbons (Fsp3) is 0.556. The molecule has 0 aliphatic rings. The minimum atomic E-state index is -0.469. The summed E-state index contributed by atoms with van der Waals surface area (Å²) in [7, 11) is 1.61. The van der Waals surface area contributed by atoms with Gasteiger partial charge in [-0.1, -0.05) is 66.1 Å². The molecule has 199 valence electrons. The molecule has 0 aliphatic carbocycles. The van der Waals surface area contributed by atoms with E-state index in [9.17, 15) is 9.59 Å². The van der Waals surface area contributed by atoms with Crippen LogP contribution in [0.5, 0.6) is 0 Å². The van der Waals surface area contributed by atoms with Crippen LogP contribution >= 0.6 is 23.1 Å². The minimum absolute atomic E-state index is 0. The van der Waals surface area contributed by atoms with Crippen LogP contribution in [0.1, 0.15) is 67.9 Å². The third-order valence-corrected chi connectivity index (χ3v) is 6.58. The maximum Gasteiger partial charge on any atom is 0.308 e. The van der Waals surface area contributed by atoms with Gasteiger partial charge in [0, 0.05) is 34.1 Å². The first kappa shape index (κ1) is 40.6. The fourth-order valence-corrected chi connectivity index (χ4v) is 4.76. The number of thiophene rings is 1. The molecule has 0 saturated heterocycles. The van der Waals surface area contributed by atoms with E-state index in [4.69, 9.17) is 14.2 Å². The summed E-state index contributed by atoms with van der Waals surface area (Å²) in [5.41, 5.74) is 1.08. The van der Waals surface area contributed by atoms with E-state index in [2.05, 4.69) is 6.07 Å². The van der Waals surface area contributed by atoms with Crippen molar-refractivity contribution < 1.29 is 23.8 Å². The summed E-state index contributed by atoms with van der Waals surface area (Å²) in [6.07, 6.45) is 0.962. The molecule has 0 amide bonds. The maximum atomic E-state index is 12.4. The molecule has 35 heavy (non-hydrogen) atoms. The van der Waals surface area contributed by atoms with Gasteiger partial charge in [-0.05, 0) is 30.4 Å². The molecule has 1 aromatic carbocycles. The van der Waals surface area contributed by atoms with Gasteiger partial charge in [0.2, 0.25) is 0 Å². The maximum absolute atomic E-state index is 12.4. The molecule has 0 spiro atoms. The number of ether oxygens (including phenoxy) is 3. The van der Waals surface area contributed by atoms with Crippen LogP contribution in [0.25, 0.3) is 0 Å². The van der Waals surface area contributed by atoms with Gasteiger partial charge in [-0.15, -0.1) is 23.1 Å². The molecular formula is C27H46BO5S2. The Balaban J connectivity index is -0.000000961. The largest absolute Gasteiger partial charge is 0.462 e. The number of rotatable bonds is 15. The van der Waals surface area contributed by atoms with E-state index in [0.717, 1.165) is 17.7 Å². The molecule has 0 fully saturated rings. The Labute approximate surface area is 224 Å². The molecule has 5 nitrogen and oxygen atoms in total. The molecular weight excluding hydrogens is 479 g/mol. The lowest BCUT2D eigenvalue weighted by Gasteiger charge is -2.19. The molecule has 1 aromatic heterocycles. The first-order chi connectivity index (χ1) is 14.6. The minimum Gasteiger partial charge on any atom is -0.462 e. The van der Waals surface area contributed by atoms with E-state index < -0.39 is 6.10 Å². The Morgan fingerprint density at radius 2 is 1.63 bits per heavy atom. The van der Waals surface area contributed by atoms with Gasteiger partial charge in [0.05, 0.1) is 29.9 Å². The second-order valence-electron chi connectivity index (χ2n) is 6.98. The standard InChI is InChI=1S/C23H30O5S2.4CH4.B/c1-18(24)15-21(10-12-27-17-19-7-4-3-5-8-19)28-22(25)16-20(26-2)11-14-30-23-9-6-13-29-23;;;;;/h3-9,13,20-21H,10-12,14-17H2,1-2H3;4*1H4;. The van der Waals surface area contributed by atoms with Crippen LogP contribution in [0.4, 0.5) is 0 Å². The highest BCUT2D eigenvalue weighted by molar-refractivity contribution is 8.01. The quantitative estimate of drug-likeness (QED) is 0.105. The van der Waals surface area contributed by atoms with Gasteiger partial charge in [-0.25, -0.2) is 0 Å². The van der Waals surface area contributed by atoms with Gasteiger partial charge in [-0.3, -0.25) is 9.59 Å². The van der Waals surface area contributed by atoms with Crippen LogP contribution in [0.15, 0.2) is 52.1 Å². The third-order valence-electron chi connectivity index (χ3n) is 4.42. The van der Waals surface area contributed by atoms with Crippen molar-refractivity contribution in [1.82, 2.24) is 0 Å². The Bertz CT molecular complexity index is 741. The zero-order valence-corrected chi connectivity index (χ0v) is 19.8. The zero-order chi connectivity index (χ0) is 21.6. The Hall–Kier alpha value is -1.61. The van der Waals surface area contributed by atoms with Crippen molar-refractivity contribution in [2.75, 3.05) is 19.5 Å². The number of carbonyl (C=O) groups is 2. The SMILES string of the molecule is C.C.C.C.COC(CCSc1cccs1)CC(=O)OC(CCOCc1ccccc1)CC(C)=O.[B]. The van der Waals surface area contributed by atoms with Crippen molar-refractivity contribution in [2.45, 2.75) is 85.3 Å². The summed E-state index contributed by atoms with van der Waals surface area (Å²) in [6, 6.07) is 14.0. The predicted octanol–water partition coefficient (Wildman–Crippen LogP) is 7.30. The van der Waals surface area contributed by atoms with Gasteiger partial charge in [0.1, 0.15) is 11.9 Å². The average molecular weight is 526 g/mol. The lowest BCUT2D eigenvalue weighted by Crippen LogP contribution is -2.26. The molecule has 3 radical (unpaired) electrons. The van der Waals surface area contributed by atoms with Crippen LogP contribution in [0, 0.1) is 0 Å². The second kappa shape index (κ2) is 24.1. The van der Waals surface area contributed by atoms with Gasteiger partial charge in [0.25, 0.3) is 0 Å². The number of carbonyl (C=O) groups excluding carboxylic acids is 2. The van der Waals surface area contributed by atoms with Gasteiger partial charge >= 0.3 is 5.97 Å². The van der Waals surface area contributed by atoms with Crippen molar-refractivity contribution in [2.24, 2.45) is 0 Å². The summed E-state index contributed by atoms with van der Waals surface area (Å²) in [5.74, 6) is 0.528. The Morgan fingerprint density at radius 3 is 2.20 bits per heavy atom. The second-order valence-corrected chi connectivity index (χ2v) is 9.32. The van der Waals surface area contributed by atoms with Crippen molar-refractivity contribution in [3.8, 4) is 0 Å². The number of ketones is 1. The lowest BCUT2D eigenvalue weighted by atomic mass is 10.1. The molecule has 0 bridgehead atoms. The van der Waals surface area contributed by atoms with E-state index in [1.165, 1.54) is 11.1 Å².